The molecule has 1 aromatic rings. The second-order valence-corrected chi connectivity index (χ2v) is 4.90. The van der Waals surface area contributed by atoms with Crippen LogP contribution in [-0.4, -0.2) is 24.3 Å². The summed E-state index contributed by atoms with van der Waals surface area (Å²) in [4.78, 5) is 1.57. The monoisotopic (exact) mass is 266 g/mol. The van der Waals surface area contributed by atoms with E-state index in [0.717, 1.165) is 19.3 Å². The summed E-state index contributed by atoms with van der Waals surface area (Å²) in [5.74, 6) is -2.16. The van der Waals surface area contributed by atoms with Gasteiger partial charge in [-0.1, -0.05) is 12.8 Å². The van der Waals surface area contributed by atoms with E-state index in [1.54, 1.807) is 18.0 Å². The highest BCUT2D eigenvalue weighted by Gasteiger charge is 2.29. The first-order valence-corrected chi connectivity index (χ1v) is 6.35. The molecule has 5 heteroatoms. The predicted molar refractivity (Wildman–Crippen MR) is 67.7 cm³/mol. The molecule has 1 N–H and O–H groups in total. The number of hydrogen-bond donors (Lipinski definition) is 1. The first-order valence-electron chi connectivity index (χ1n) is 6.35. The maximum Gasteiger partial charge on any atom is 0.183 e. The van der Waals surface area contributed by atoms with Crippen molar-refractivity contribution < 1.29 is 13.9 Å². The van der Waals surface area contributed by atoms with E-state index in [9.17, 15) is 13.9 Å². The molecule has 0 amide bonds. The third-order valence-corrected chi connectivity index (χ3v) is 3.75. The van der Waals surface area contributed by atoms with Gasteiger partial charge >= 0.3 is 0 Å². The summed E-state index contributed by atoms with van der Waals surface area (Å²) < 4.78 is 27.5. The highest BCUT2D eigenvalue weighted by Crippen LogP contribution is 2.30. The Labute approximate surface area is 111 Å². The van der Waals surface area contributed by atoms with Gasteiger partial charge in [-0.25, -0.2) is 8.78 Å². The average molecular weight is 266 g/mol. The first kappa shape index (κ1) is 13.8. The lowest BCUT2D eigenvalue weighted by atomic mass is 9.91. The number of aliphatic hydroxyl groups excluding tert-OH is 1. The summed E-state index contributed by atoms with van der Waals surface area (Å²) in [6, 6.07) is 4.05. The summed E-state index contributed by atoms with van der Waals surface area (Å²) in [5.41, 5.74) is -0.221. The Morgan fingerprint density at radius 1 is 1.26 bits per heavy atom. The standard InChI is InChI=1S/C14H16F2N2O/c1-18(10-4-2-3-5-12(10)19)11-7-6-9(8-17)13(15)14(11)16/h6-7,10,12,19H,2-5H2,1H3. The third-order valence-electron chi connectivity index (χ3n) is 3.75. The van der Waals surface area contributed by atoms with Crippen LogP contribution in [0.2, 0.25) is 0 Å². The minimum absolute atomic E-state index is 0.0856. The third kappa shape index (κ3) is 2.54. The number of likely N-dealkylation sites (N-methyl/N-ethyl adjacent to an activating group) is 1. The molecule has 0 aromatic heterocycles. The molecule has 2 atom stereocenters. The molecule has 0 aliphatic heterocycles. The molecule has 0 bridgehead atoms. The van der Waals surface area contributed by atoms with Crippen molar-refractivity contribution in [1.82, 2.24) is 0 Å². The van der Waals surface area contributed by atoms with Gasteiger partial charge in [0.2, 0.25) is 0 Å². The van der Waals surface area contributed by atoms with Gasteiger partial charge in [-0.3, -0.25) is 0 Å². The highest BCUT2D eigenvalue weighted by atomic mass is 19.2. The minimum Gasteiger partial charge on any atom is -0.391 e. The molecule has 1 aromatic carbocycles. The van der Waals surface area contributed by atoms with Crippen molar-refractivity contribution in [2.45, 2.75) is 37.8 Å². The van der Waals surface area contributed by atoms with E-state index < -0.39 is 17.7 Å². The fraction of sp³-hybridized carbons (Fsp3) is 0.500. The topological polar surface area (TPSA) is 47.3 Å². The minimum atomic E-state index is -1.13. The molecular weight excluding hydrogens is 250 g/mol. The van der Waals surface area contributed by atoms with Crippen molar-refractivity contribution >= 4 is 5.69 Å². The van der Waals surface area contributed by atoms with Gasteiger partial charge in [-0.05, 0) is 25.0 Å². The molecule has 0 saturated heterocycles. The predicted octanol–water partition coefficient (Wildman–Crippen LogP) is 2.58. The molecule has 19 heavy (non-hydrogen) atoms. The van der Waals surface area contributed by atoms with Gasteiger partial charge in [0, 0.05) is 7.05 Å². The van der Waals surface area contributed by atoms with Crippen LogP contribution in [-0.2, 0) is 0 Å². The van der Waals surface area contributed by atoms with Gasteiger partial charge in [-0.15, -0.1) is 0 Å². The second-order valence-electron chi connectivity index (χ2n) is 4.90. The molecular formula is C14H16F2N2O. The SMILES string of the molecule is CN(c1ccc(C#N)c(F)c1F)C1CCCCC1O. The Balaban J connectivity index is 2.31. The van der Waals surface area contributed by atoms with Crippen molar-refractivity contribution in [3.8, 4) is 6.07 Å². The summed E-state index contributed by atoms with van der Waals surface area (Å²) in [6.45, 7) is 0. The lowest BCUT2D eigenvalue weighted by Crippen LogP contribution is -2.43. The maximum absolute atomic E-state index is 13.9. The van der Waals surface area contributed by atoms with Crippen molar-refractivity contribution in [3.05, 3.63) is 29.3 Å². The smallest absolute Gasteiger partial charge is 0.183 e. The maximum atomic E-state index is 13.9. The number of anilines is 1. The van der Waals surface area contributed by atoms with Crippen molar-refractivity contribution in [3.63, 3.8) is 0 Å². The fourth-order valence-corrected chi connectivity index (χ4v) is 2.62. The number of halogens is 2. The lowest BCUT2D eigenvalue weighted by Gasteiger charge is -2.36. The van der Waals surface area contributed by atoms with E-state index >= 15 is 0 Å². The largest absolute Gasteiger partial charge is 0.391 e. The summed E-state index contributed by atoms with van der Waals surface area (Å²) in [7, 11) is 1.64. The van der Waals surface area contributed by atoms with E-state index in [1.165, 1.54) is 12.1 Å². The van der Waals surface area contributed by atoms with Crippen LogP contribution in [0, 0.1) is 23.0 Å². The molecule has 1 aliphatic rings. The molecule has 1 fully saturated rings. The van der Waals surface area contributed by atoms with Crippen LogP contribution in [0.4, 0.5) is 14.5 Å². The van der Waals surface area contributed by atoms with Gasteiger partial charge in [0.15, 0.2) is 11.6 Å². The summed E-state index contributed by atoms with van der Waals surface area (Å²) in [6.07, 6.45) is 2.81. The molecule has 3 nitrogen and oxygen atoms in total. The zero-order valence-electron chi connectivity index (χ0n) is 10.7. The fourth-order valence-electron chi connectivity index (χ4n) is 2.62. The Hall–Kier alpha value is -1.67. The molecule has 0 heterocycles. The van der Waals surface area contributed by atoms with Crippen LogP contribution in [0.15, 0.2) is 12.1 Å². The van der Waals surface area contributed by atoms with Crippen molar-refractivity contribution in [2.24, 2.45) is 0 Å². The second kappa shape index (κ2) is 5.54. The van der Waals surface area contributed by atoms with Crippen LogP contribution in [0.1, 0.15) is 31.2 Å². The van der Waals surface area contributed by atoms with Crippen LogP contribution in [0.3, 0.4) is 0 Å². The average Bonchev–Trinajstić information content (AvgIpc) is 2.41. The van der Waals surface area contributed by atoms with E-state index in [4.69, 9.17) is 5.26 Å². The summed E-state index contributed by atoms with van der Waals surface area (Å²) >= 11 is 0. The molecule has 1 aliphatic carbocycles. The van der Waals surface area contributed by atoms with E-state index in [0.29, 0.717) is 6.42 Å². The highest BCUT2D eigenvalue weighted by molar-refractivity contribution is 5.52. The van der Waals surface area contributed by atoms with Crippen LogP contribution >= 0.6 is 0 Å². The lowest BCUT2D eigenvalue weighted by molar-refractivity contribution is 0.106. The molecule has 2 rings (SSSR count). The zero-order valence-corrected chi connectivity index (χ0v) is 10.7. The van der Waals surface area contributed by atoms with Gasteiger partial charge in [0.05, 0.1) is 23.4 Å². The summed E-state index contributed by atoms with van der Waals surface area (Å²) in [5, 5.41) is 18.6. The van der Waals surface area contributed by atoms with Gasteiger partial charge in [0.1, 0.15) is 6.07 Å². The Bertz CT molecular complexity index is 513. The molecule has 0 spiro atoms. The van der Waals surface area contributed by atoms with E-state index in [1.807, 2.05) is 0 Å². The van der Waals surface area contributed by atoms with Gasteiger partial charge in [0.25, 0.3) is 0 Å². The normalized spacial score (nSPS) is 22.9. The molecule has 1 saturated carbocycles. The number of rotatable bonds is 2. The Morgan fingerprint density at radius 2 is 1.95 bits per heavy atom. The van der Waals surface area contributed by atoms with Crippen molar-refractivity contribution in [2.75, 3.05) is 11.9 Å². The Kier molecular flexibility index (Phi) is 4.01. The van der Waals surface area contributed by atoms with Crippen LogP contribution in [0.25, 0.3) is 0 Å². The van der Waals surface area contributed by atoms with Gasteiger partial charge < -0.3 is 10.0 Å². The first-order chi connectivity index (χ1) is 9.06. The van der Waals surface area contributed by atoms with E-state index in [-0.39, 0.29) is 17.3 Å². The van der Waals surface area contributed by atoms with E-state index in [2.05, 4.69) is 0 Å². The zero-order chi connectivity index (χ0) is 14.0. The Morgan fingerprint density at radius 3 is 2.58 bits per heavy atom. The van der Waals surface area contributed by atoms with Gasteiger partial charge in [-0.2, -0.15) is 5.26 Å². The molecule has 102 valence electrons. The molecule has 2 unspecified atom stereocenters. The number of nitriles is 1. The number of benzene rings is 1. The molecule has 0 radical (unpaired) electrons. The number of nitrogens with zero attached hydrogens (tertiary/aromatic N) is 2. The number of aliphatic hydroxyl groups is 1. The van der Waals surface area contributed by atoms with Crippen LogP contribution < -0.4 is 4.90 Å². The van der Waals surface area contributed by atoms with Crippen molar-refractivity contribution in [1.29, 1.82) is 5.26 Å². The van der Waals surface area contributed by atoms with Crippen LogP contribution in [0.5, 0.6) is 0 Å². The number of hydrogen-bond acceptors (Lipinski definition) is 3. The quantitative estimate of drug-likeness (QED) is 0.895.